The molecule has 1 fully saturated rings. The highest BCUT2D eigenvalue weighted by molar-refractivity contribution is 7.14. The van der Waals surface area contributed by atoms with Gasteiger partial charge in [-0.1, -0.05) is 82.3 Å². The lowest BCUT2D eigenvalue weighted by Gasteiger charge is -2.24. The number of amides is 2. The van der Waals surface area contributed by atoms with Crippen molar-refractivity contribution < 1.29 is 24.2 Å². The standard InChI is InChI=1S/C40H50N4O5S/c1-5-7-8-9-10-24-49-33-18-16-30(17-19-33)28(3)26-42-37(41-4)31-14-12-29(13-15-31)25-35(39(46)44-23-22-32(27-44)40(47)48)43-38(45)36-21-20-34(50-36)11-6-2/h12-21,26,32,35H,4-11,22-25,27H2,1-3H3,(H,43,45)(H,47,48)/b28-26+,42-37?/t32-,35-/m0/s1. The van der Waals surface area contributed by atoms with Crippen LogP contribution in [0.4, 0.5) is 0 Å². The number of aryl methyl sites for hydroxylation is 1. The monoisotopic (exact) mass is 698 g/mol. The Morgan fingerprint density at radius 1 is 1.00 bits per heavy atom. The van der Waals surface area contributed by atoms with Crippen molar-refractivity contribution in [2.45, 2.75) is 84.6 Å². The molecule has 1 aliphatic rings. The number of likely N-dealkylation sites (tertiary alicyclic amines) is 1. The van der Waals surface area contributed by atoms with Crippen LogP contribution in [0.15, 0.2) is 76.8 Å². The van der Waals surface area contributed by atoms with E-state index in [0.29, 0.717) is 23.7 Å². The molecule has 0 radical (unpaired) electrons. The summed E-state index contributed by atoms with van der Waals surface area (Å²) >= 11 is 1.43. The van der Waals surface area contributed by atoms with Crippen LogP contribution in [0.2, 0.25) is 0 Å². The van der Waals surface area contributed by atoms with Gasteiger partial charge in [0.1, 0.15) is 11.8 Å². The minimum atomic E-state index is -0.914. The molecule has 0 unspecified atom stereocenters. The zero-order valence-electron chi connectivity index (χ0n) is 29.5. The number of carbonyl (C=O) groups excluding carboxylic acids is 2. The summed E-state index contributed by atoms with van der Waals surface area (Å²) in [5, 5.41) is 12.4. The Bertz CT molecular complexity index is 1640. The second-order valence-corrected chi connectivity index (χ2v) is 13.9. The van der Waals surface area contributed by atoms with Crippen molar-refractivity contribution >= 4 is 47.2 Å². The zero-order chi connectivity index (χ0) is 35.9. The van der Waals surface area contributed by atoms with E-state index in [4.69, 9.17) is 4.74 Å². The van der Waals surface area contributed by atoms with Crippen molar-refractivity contribution in [2.75, 3.05) is 19.7 Å². The van der Waals surface area contributed by atoms with Crippen molar-refractivity contribution in [1.29, 1.82) is 0 Å². The van der Waals surface area contributed by atoms with E-state index < -0.39 is 17.9 Å². The van der Waals surface area contributed by atoms with Gasteiger partial charge >= 0.3 is 5.97 Å². The Morgan fingerprint density at radius 3 is 2.38 bits per heavy atom. The third kappa shape index (κ3) is 11.2. The predicted octanol–water partition coefficient (Wildman–Crippen LogP) is 7.83. The highest BCUT2D eigenvalue weighted by atomic mass is 32.1. The molecule has 50 heavy (non-hydrogen) atoms. The van der Waals surface area contributed by atoms with Crippen molar-refractivity contribution in [3.8, 4) is 5.75 Å². The van der Waals surface area contributed by atoms with E-state index in [1.54, 1.807) is 17.2 Å². The van der Waals surface area contributed by atoms with Crippen molar-refractivity contribution in [3.05, 3.63) is 93.3 Å². The Labute approximate surface area is 300 Å². The van der Waals surface area contributed by atoms with Crippen LogP contribution in [0.3, 0.4) is 0 Å². The number of aliphatic carboxylic acids is 1. The Kier molecular flexibility index (Phi) is 15.0. The van der Waals surface area contributed by atoms with Gasteiger partial charge in [-0.05, 0) is 73.9 Å². The molecule has 1 saturated heterocycles. The van der Waals surface area contributed by atoms with Crippen LogP contribution < -0.4 is 10.1 Å². The van der Waals surface area contributed by atoms with Gasteiger partial charge in [0.15, 0.2) is 5.84 Å². The summed E-state index contributed by atoms with van der Waals surface area (Å²) in [6, 6.07) is 18.4. The summed E-state index contributed by atoms with van der Waals surface area (Å²) in [5.41, 5.74) is 3.58. The molecule has 266 valence electrons. The highest BCUT2D eigenvalue weighted by Gasteiger charge is 2.35. The van der Waals surface area contributed by atoms with E-state index >= 15 is 0 Å². The normalized spacial score (nSPS) is 15.5. The Hall–Kier alpha value is -4.57. The number of unbranched alkanes of at least 4 members (excludes halogenated alkanes) is 4. The van der Waals surface area contributed by atoms with Gasteiger partial charge in [-0.3, -0.25) is 14.4 Å². The first-order chi connectivity index (χ1) is 24.2. The molecule has 0 spiro atoms. The molecule has 0 aliphatic carbocycles. The quantitative estimate of drug-likeness (QED) is 0.0797. The van der Waals surface area contributed by atoms with E-state index in [9.17, 15) is 19.5 Å². The maximum Gasteiger partial charge on any atom is 0.308 e. The summed E-state index contributed by atoms with van der Waals surface area (Å²) in [4.78, 5) is 50.4. The van der Waals surface area contributed by atoms with Crippen molar-refractivity contribution in [1.82, 2.24) is 10.2 Å². The van der Waals surface area contributed by atoms with Crippen LogP contribution in [0.5, 0.6) is 5.75 Å². The summed E-state index contributed by atoms with van der Waals surface area (Å²) < 4.78 is 5.89. The number of nitrogens with one attached hydrogen (secondary N) is 1. The Morgan fingerprint density at radius 2 is 1.72 bits per heavy atom. The number of aliphatic imine (C=N–C) groups is 2. The van der Waals surface area contributed by atoms with Crippen LogP contribution in [0.25, 0.3) is 5.57 Å². The van der Waals surface area contributed by atoms with Gasteiger partial charge in [0.25, 0.3) is 5.91 Å². The van der Waals surface area contributed by atoms with Gasteiger partial charge in [-0.25, -0.2) is 9.98 Å². The van der Waals surface area contributed by atoms with Gasteiger partial charge in [-0.15, -0.1) is 11.3 Å². The van der Waals surface area contributed by atoms with Crippen LogP contribution in [-0.2, 0) is 22.4 Å². The molecule has 1 aromatic heterocycles. The fourth-order valence-corrected chi connectivity index (χ4v) is 6.88. The summed E-state index contributed by atoms with van der Waals surface area (Å²) in [7, 11) is 0. The molecule has 9 nitrogen and oxygen atoms in total. The number of carbonyl (C=O) groups is 3. The first kappa shape index (κ1) is 38.2. The average Bonchev–Trinajstić information content (AvgIpc) is 3.82. The lowest BCUT2D eigenvalue weighted by molar-refractivity contribution is -0.141. The van der Waals surface area contributed by atoms with Gasteiger partial charge < -0.3 is 20.1 Å². The van der Waals surface area contributed by atoms with E-state index in [1.807, 2.05) is 61.5 Å². The molecular formula is C40H50N4O5S. The molecule has 3 aromatic rings. The number of hydrogen-bond donors (Lipinski definition) is 2. The highest BCUT2D eigenvalue weighted by Crippen LogP contribution is 2.22. The fourth-order valence-electron chi connectivity index (χ4n) is 5.87. The van der Waals surface area contributed by atoms with Gasteiger partial charge in [-0.2, -0.15) is 0 Å². The number of nitrogens with zero attached hydrogens (tertiary/aromatic N) is 3. The summed E-state index contributed by atoms with van der Waals surface area (Å²) in [6.45, 7) is 11.2. The molecule has 1 aliphatic heterocycles. The number of rotatable bonds is 18. The molecule has 4 rings (SSSR count). The molecular weight excluding hydrogens is 649 g/mol. The number of benzene rings is 2. The first-order valence-electron chi connectivity index (χ1n) is 17.7. The largest absolute Gasteiger partial charge is 0.494 e. The van der Waals surface area contributed by atoms with Crippen LogP contribution in [0, 0.1) is 5.92 Å². The van der Waals surface area contributed by atoms with Crippen LogP contribution in [0.1, 0.15) is 97.0 Å². The maximum absolute atomic E-state index is 13.7. The lowest BCUT2D eigenvalue weighted by atomic mass is 10.0. The van der Waals surface area contributed by atoms with E-state index in [1.165, 1.54) is 37.0 Å². The van der Waals surface area contributed by atoms with Crippen LogP contribution in [-0.4, -0.2) is 66.1 Å². The number of carboxylic acid groups (broad SMARTS) is 1. The smallest absolute Gasteiger partial charge is 0.308 e. The number of amidine groups is 1. The van der Waals surface area contributed by atoms with Crippen molar-refractivity contribution in [3.63, 3.8) is 0 Å². The fraction of sp³-hybridized carbons (Fsp3) is 0.425. The second kappa shape index (κ2) is 19.6. The number of thiophene rings is 1. The van der Waals surface area contributed by atoms with Gasteiger partial charge in [0.05, 0.1) is 17.4 Å². The zero-order valence-corrected chi connectivity index (χ0v) is 30.3. The molecule has 2 atom stereocenters. The minimum Gasteiger partial charge on any atom is -0.494 e. The average molecular weight is 699 g/mol. The SMILES string of the molecule is C=NC(=N/C=C(\C)c1ccc(OCCCCCCC)cc1)c1ccc(C[C@H](NC(=O)c2ccc(CCC)s2)C(=O)N2CC[C@H](C(=O)O)C2)cc1. The molecule has 2 N–H and O–H groups in total. The number of ether oxygens (including phenoxy) is 1. The van der Waals surface area contributed by atoms with E-state index in [-0.39, 0.29) is 24.8 Å². The summed E-state index contributed by atoms with van der Waals surface area (Å²) in [5.74, 6) is -0.799. The predicted molar refractivity (Wildman–Crippen MR) is 202 cm³/mol. The molecule has 2 heterocycles. The molecule has 2 amide bonds. The van der Waals surface area contributed by atoms with Gasteiger partial charge in [0.2, 0.25) is 5.91 Å². The lowest BCUT2D eigenvalue weighted by Crippen LogP contribution is -2.49. The van der Waals surface area contributed by atoms with E-state index in [2.05, 4.69) is 35.9 Å². The summed E-state index contributed by atoms with van der Waals surface area (Å²) in [6.07, 6.45) is 10.3. The van der Waals surface area contributed by atoms with E-state index in [0.717, 1.165) is 58.8 Å². The van der Waals surface area contributed by atoms with Crippen LogP contribution >= 0.6 is 11.3 Å². The minimum absolute atomic E-state index is 0.133. The molecule has 10 heteroatoms. The number of allylic oxidation sites excluding steroid dienone is 1. The topological polar surface area (TPSA) is 121 Å². The second-order valence-electron chi connectivity index (χ2n) is 12.8. The Balaban J connectivity index is 1.42. The first-order valence-corrected chi connectivity index (χ1v) is 18.5. The number of carboxylic acids is 1. The molecule has 2 aromatic carbocycles. The molecule has 0 bridgehead atoms. The third-order valence-corrected chi connectivity index (χ3v) is 9.99. The maximum atomic E-state index is 13.7. The van der Waals surface area contributed by atoms with Crippen molar-refractivity contribution in [2.24, 2.45) is 15.9 Å². The van der Waals surface area contributed by atoms with Gasteiger partial charge in [0, 0.05) is 36.2 Å². The molecule has 0 saturated carbocycles. The third-order valence-electron chi connectivity index (χ3n) is 8.84. The number of hydrogen-bond acceptors (Lipinski definition) is 6.